The number of likely N-dealkylation sites (tertiary alicyclic amines) is 1. The molecule has 1 saturated carbocycles. The summed E-state index contributed by atoms with van der Waals surface area (Å²) in [6.45, 7) is 3.77. The van der Waals surface area contributed by atoms with Crippen molar-refractivity contribution < 1.29 is 14.7 Å². The zero-order valence-electron chi connectivity index (χ0n) is 10.7. The minimum Gasteiger partial charge on any atom is -0.387 e. The third kappa shape index (κ3) is 3.20. The zero-order valence-corrected chi connectivity index (χ0v) is 10.7. The SMILES string of the molecule is CCCNC(=O)NC(=O)CN1CC(O)(C2CC2)C1. The Hall–Kier alpha value is -1.14. The number of hydrogen-bond donors (Lipinski definition) is 3. The summed E-state index contributed by atoms with van der Waals surface area (Å²) in [5, 5.41) is 14.9. The molecule has 1 saturated heterocycles. The van der Waals surface area contributed by atoms with Gasteiger partial charge in [-0.2, -0.15) is 0 Å². The van der Waals surface area contributed by atoms with Crippen molar-refractivity contribution in [2.75, 3.05) is 26.2 Å². The summed E-state index contributed by atoms with van der Waals surface area (Å²) in [7, 11) is 0. The van der Waals surface area contributed by atoms with Gasteiger partial charge in [0.15, 0.2) is 0 Å². The third-order valence-electron chi connectivity index (χ3n) is 3.49. The van der Waals surface area contributed by atoms with Gasteiger partial charge in [-0.3, -0.25) is 15.0 Å². The largest absolute Gasteiger partial charge is 0.387 e. The van der Waals surface area contributed by atoms with Gasteiger partial charge in [0.1, 0.15) is 0 Å². The van der Waals surface area contributed by atoms with Crippen molar-refractivity contribution in [2.24, 2.45) is 5.92 Å². The molecule has 3 N–H and O–H groups in total. The number of amides is 3. The Kier molecular flexibility index (Phi) is 3.87. The van der Waals surface area contributed by atoms with Crippen LogP contribution in [0.2, 0.25) is 0 Å². The highest BCUT2D eigenvalue weighted by Crippen LogP contribution is 2.44. The molecule has 2 fully saturated rings. The number of carbonyl (C=O) groups is 2. The van der Waals surface area contributed by atoms with E-state index in [1.807, 2.05) is 11.8 Å². The fourth-order valence-electron chi connectivity index (χ4n) is 2.37. The second-order valence-corrected chi connectivity index (χ2v) is 5.33. The molecule has 0 spiro atoms. The molecule has 0 aromatic heterocycles. The molecule has 1 heterocycles. The summed E-state index contributed by atoms with van der Waals surface area (Å²) < 4.78 is 0. The Morgan fingerprint density at radius 1 is 1.39 bits per heavy atom. The normalized spacial score (nSPS) is 22.1. The van der Waals surface area contributed by atoms with E-state index < -0.39 is 11.6 Å². The average molecular weight is 255 g/mol. The predicted molar refractivity (Wildman–Crippen MR) is 65.9 cm³/mol. The standard InChI is InChI=1S/C12H21N3O3/c1-2-5-13-11(17)14-10(16)6-15-7-12(18,8-15)9-3-4-9/h9,18H,2-8H2,1H3,(H2,13,14,16,17). The molecule has 1 aliphatic carbocycles. The van der Waals surface area contributed by atoms with E-state index in [0.717, 1.165) is 19.3 Å². The van der Waals surface area contributed by atoms with Gasteiger partial charge >= 0.3 is 6.03 Å². The van der Waals surface area contributed by atoms with Crippen molar-refractivity contribution >= 4 is 11.9 Å². The monoisotopic (exact) mass is 255 g/mol. The van der Waals surface area contributed by atoms with Crippen LogP contribution in [0.4, 0.5) is 4.79 Å². The maximum atomic E-state index is 11.5. The van der Waals surface area contributed by atoms with Crippen LogP contribution in [0.15, 0.2) is 0 Å². The van der Waals surface area contributed by atoms with Crippen LogP contribution in [0.3, 0.4) is 0 Å². The predicted octanol–water partition coefficient (Wildman–Crippen LogP) is -0.321. The Labute approximate surface area is 107 Å². The van der Waals surface area contributed by atoms with E-state index in [0.29, 0.717) is 25.6 Å². The smallest absolute Gasteiger partial charge is 0.321 e. The van der Waals surface area contributed by atoms with Gasteiger partial charge in [0.05, 0.1) is 12.1 Å². The molecular formula is C12H21N3O3. The fraction of sp³-hybridized carbons (Fsp3) is 0.833. The zero-order chi connectivity index (χ0) is 13.2. The van der Waals surface area contributed by atoms with Gasteiger partial charge < -0.3 is 10.4 Å². The van der Waals surface area contributed by atoms with Crippen LogP contribution in [0.25, 0.3) is 0 Å². The van der Waals surface area contributed by atoms with Gasteiger partial charge in [0.25, 0.3) is 0 Å². The van der Waals surface area contributed by atoms with Crippen LogP contribution in [0.5, 0.6) is 0 Å². The van der Waals surface area contributed by atoms with Gasteiger partial charge in [0, 0.05) is 19.6 Å². The van der Waals surface area contributed by atoms with Crippen molar-refractivity contribution in [1.29, 1.82) is 0 Å². The summed E-state index contributed by atoms with van der Waals surface area (Å²) in [5.41, 5.74) is -0.579. The Balaban J connectivity index is 1.62. The minimum atomic E-state index is -0.579. The number of carbonyl (C=O) groups excluding carboxylic acids is 2. The van der Waals surface area contributed by atoms with Crippen LogP contribution >= 0.6 is 0 Å². The molecule has 6 nitrogen and oxygen atoms in total. The maximum Gasteiger partial charge on any atom is 0.321 e. The minimum absolute atomic E-state index is 0.175. The first-order valence-electron chi connectivity index (χ1n) is 6.56. The number of hydrogen-bond acceptors (Lipinski definition) is 4. The highest BCUT2D eigenvalue weighted by Gasteiger charge is 2.51. The molecule has 18 heavy (non-hydrogen) atoms. The summed E-state index contributed by atoms with van der Waals surface area (Å²) in [4.78, 5) is 24.6. The summed E-state index contributed by atoms with van der Waals surface area (Å²) in [5.74, 6) is 0.103. The van der Waals surface area contributed by atoms with Gasteiger partial charge in [-0.1, -0.05) is 6.92 Å². The summed E-state index contributed by atoms with van der Waals surface area (Å²) in [6.07, 6.45) is 3.02. The fourth-order valence-corrected chi connectivity index (χ4v) is 2.37. The lowest BCUT2D eigenvalue weighted by molar-refractivity contribution is -0.135. The number of urea groups is 1. The van der Waals surface area contributed by atoms with Crippen LogP contribution in [0, 0.1) is 5.92 Å². The number of nitrogens with zero attached hydrogens (tertiary/aromatic N) is 1. The van der Waals surface area contributed by atoms with E-state index >= 15 is 0 Å². The molecule has 102 valence electrons. The van der Waals surface area contributed by atoms with E-state index in [4.69, 9.17) is 0 Å². The van der Waals surface area contributed by atoms with Gasteiger partial charge in [0.2, 0.25) is 5.91 Å². The molecule has 0 aromatic rings. The van der Waals surface area contributed by atoms with Crippen LogP contribution < -0.4 is 10.6 Å². The van der Waals surface area contributed by atoms with E-state index in [2.05, 4.69) is 10.6 Å². The van der Waals surface area contributed by atoms with Crippen molar-refractivity contribution in [1.82, 2.24) is 15.5 Å². The van der Waals surface area contributed by atoms with E-state index in [1.54, 1.807) is 0 Å². The van der Waals surface area contributed by atoms with Crippen molar-refractivity contribution in [3.63, 3.8) is 0 Å². The summed E-state index contributed by atoms with van der Waals surface area (Å²) >= 11 is 0. The van der Waals surface area contributed by atoms with Gasteiger partial charge in [-0.25, -0.2) is 4.79 Å². The molecule has 3 amide bonds. The van der Waals surface area contributed by atoms with E-state index in [1.165, 1.54) is 0 Å². The first-order chi connectivity index (χ1) is 8.53. The molecule has 0 unspecified atom stereocenters. The molecule has 2 rings (SSSR count). The molecule has 0 radical (unpaired) electrons. The Morgan fingerprint density at radius 3 is 2.61 bits per heavy atom. The lowest BCUT2D eigenvalue weighted by atomic mass is 9.89. The van der Waals surface area contributed by atoms with Crippen molar-refractivity contribution in [3.05, 3.63) is 0 Å². The summed E-state index contributed by atoms with van der Waals surface area (Å²) in [6, 6.07) is -0.445. The Morgan fingerprint density at radius 2 is 2.06 bits per heavy atom. The van der Waals surface area contributed by atoms with E-state index in [-0.39, 0.29) is 12.5 Å². The highest BCUT2D eigenvalue weighted by molar-refractivity contribution is 5.95. The van der Waals surface area contributed by atoms with Crippen LogP contribution in [-0.4, -0.2) is 53.7 Å². The van der Waals surface area contributed by atoms with Crippen LogP contribution in [0.1, 0.15) is 26.2 Å². The molecule has 2 aliphatic rings. The Bertz CT molecular complexity index is 335. The molecule has 0 bridgehead atoms. The topological polar surface area (TPSA) is 81.7 Å². The third-order valence-corrected chi connectivity index (χ3v) is 3.49. The first-order valence-corrected chi connectivity index (χ1v) is 6.56. The quantitative estimate of drug-likeness (QED) is 0.629. The number of aliphatic hydroxyl groups is 1. The van der Waals surface area contributed by atoms with Crippen LogP contribution in [-0.2, 0) is 4.79 Å². The number of imide groups is 1. The molecule has 6 heteroatoms. The number of β-amino-alcohol motifs (C(OH)–C–C–N with tert-alkyl or cyclic N) is 1. The van der Waals surface area contributed by atoms with Gasteiger partial charge in [-0.05, 0) is 25.2 Å². The second-order valence-electron chi connectivity index (χ2n) is 5.33. The van der Waals surface area contributed by atoms with Crippen molar-refractivity contribution in [3.8, 4) is 0 Å². The van der Waals surface area contributed by atoms with Gasteiger partial charge in [-0.15, -0.1) is 0 Å². The average Bonchev–Trinajstić information content (AvgIpc) is 3.07. The molecular weight excluding hydrogens is 234 g/mol. The molecule has 0 atom stereocenters. The first kappa shape index (κ1) is 13.3. The second kappa shape index (κ2) is 5.24. The van der Waals surface area contributed by atoms with Crippen molar-refractivity contribution in [2.45, 2.75) is 31.8 Å². The number of nitrogens with one attached hydrogen (secondary N) is 2. The molecule has 1 aliphatic heterocycles. The van der Waals surface area contributed by atoms with E-state index in [9.17, 15) is 14.7 Å². The lowest BCUT2D eigenvalue weighted by Crippen LogP contribution is -2.64. The highest BCUT2D eigenvalue weighted by atomic mass is 16.3. The number of rotatable bonds is 5. The molecule has 0 aromatic carbocycles. The maximum absolute atomic E-state index is 11.5. The lowest BCUT2D eigenvalue weighted by Gasteiger charge is -2.46.